The highest BCUT2D eigenvalue weighted by molar-refractivity contribution is 7.91. The first-order chi connectivity index (χ1) is 13.5. The quantitative estimate of drug-likeness (QED) is 0.639. The first-order valence-corrected chi connectivity index (χ1v) is 12.8. The van der Waals surface area contributed by atoms with E-state index in [1.807, 2.05) is 30.3 Å². The van der Waals surface area contributed by atoms with Crippen LogP contribution in [0.2, 0.25) is 0 Å². The van der Waals surface area contributed by atoms with Crippen molar-refractivity contribution in [3.8, 4) is 11.1 Å². The predicted octanol–water partition coefficient (Wildman–Crippen LogP) is 4.08. The fraction of sp³-hybridized carbons (Fsp3) is 0.182. The van der Waals surface area contributed by atoms with Crippen molar-refractivity contribution in [2.24, 2.45) is 0 Å². The molecular formula is C22H23NO4S2. The van der Waals surface area contributed by atoms with Gasteiger partial charge in [-0.05, 0) is 41.8 Å². The Bertz CT molecular complexity index is 1250. The van der Waals surface area contributed by atoms with Gasteiger partial charge in [0.15, 0.2) is 19.7 Å². The topological polar surface area (TPSA) is 80.3 Å². The summed E-state index contributed by atoms with van der Waals surface area (Å²) in [6.07, 6.45) is 2.12. The van der Waals surface area contributed by atoms with Crippen LogP contribution < -0.4 is 5.32 Å². The van der Waals surface area contributed by atoms with Gasteiger partial charge in [0, 0.05) is 19.1 Å². The highest BCUT2D eigenvalue weighted by atomic mass is 32.2. The van der Waals surface area contributed by atoms with Crippen LogP contribution in [0, 0.1) is 6.92 Å². The number of hydrogen-bond acceptors (Lipinski definition) is 5. The summed E-state index contributed by atoms with van der Waals surface area (Å²) >= 11 is 0. The molecule has 0 heterocycles. The molecule has 5 nitrogen and oxygen atoms in total. The Balaban J connectivity index is 1.82. The van der Waals surface area contributed by atoms with Crippen LogP contribution in [0.15, 0.2) is 76.5 Å². The van der Waals surface area contributed by atoms with Gasteiger partial charge >= 0.3 is 0 Å². The summed E-state index contributed by atoms with van der Waals surface area (Å²) in [6.45, 7) is 2.46. The summed E-state index contributed by atoms with van der Waals surface area (Å²) < 4.78 is 47.8. The van der Waals surface area contributed by atoms with E-state index in [1.54, 1.807) is 0 Å². The van der Waals surface area contributed by atoms with Crippen molar-refractivity contribution in [2.75, 3.05) is 17.8 Å². The Hall–Kier alpha value is -2.64. The van der Waals surface area contributed by atoms with Crippen molar-refractivity contribution in [3.63, 3.8) is 0 Å². The van der Waals surface area contributed by atoms with Crippen molar-refractivity contribution in [2.45, 2.75) is 23.3 Å². The molecule has 0 saturated heterocycles. The minimum atomic E-state index is -3.59. The lowest BCUT2D eigenvalue weighted by molar-refractivity contribution is 0.600. The van der Waals surface area contributed by atoms with E-state index in [2.05, 4.69) is 30.4 Å². The van der Waals surface area contributed by atoms with Gasteiger partial charge in [0.1, 0.15) is 0 Å². The number of aryl methyl sites for hydroxylation is 1. The summed E-state index contributed by atoms with van der Waals surface area (Å²) in [7, 11) is -7.09. The third-order valence-corrected chi connectivity index (χ3v) is 6.82. The molecule has 0 unspecified atom stereocenters. The minimum absolute atomic E-state index is 0.0222. The molecule has 0 radical (unpaired) electrons. The first kappa shape index (κ1) is 21.1. The zero-order valence-corrected chi connectivity index (χ0v) is 18.1. The molecule has 0 aliphatic heterocycles. The standard InChI is InChI=1S/C22H23NO4S2/c1-16-5-4-6-19(13-16)18-9-7-17(8-10-18)15-23-21-12-11-20(28(2,24)25)14-22(21)29(3,26)27/h4-14,23H,15H2,1-3H3. The second-order valence-electron chi connectivity index (χ2n) is 7.12. The lowest BCUT2D eigenvalue weighted by atomic mass is 10.0. The van der Waals surface area contributed by atoms with Crippen molar-refractivity contribution in [3.05, 3.63) is 77.9 Å². The van der Waals surface area contributed by atoms with E-state index in [0.29, 0.717) is 12.2 Å². The van der Waals surface area contributed by atoms with E-state index in [1.165, 1.54) is 23.8 Å². The van der Waals surface area contributed by atoms with Crippen molar-refractivity contribution in [1.82, 2.24) is 0 Å². The van der Waals surface area contributed by atoms with Crippen LogP contribution in [-0.2, 0) is 26.2 Å². The molecule has 0 bridgehead atoms. The molecule has 0 atom stereocenters. The van der Waals surface area contributed by atoms with E-state index in [9.17, 15) is 16.8 Å². The summed E-state index contributed by atoms with van der Waals surface area (Å²) in [5.41, 5.74) is 4.79. The summed E-state index contributed by atoms with van der Waals surface area (Å²) in [4.78, 5) is -0.0530. The van der Waals surface area contributed by atoms with E-state index in [-0.39, 0.29) is 9.79 Å². The molecule has 0 spiro atoms. The fourth-order valence-electron chi connectivity index (χ4n) is 3.02. The molecule has 3 aromatic carbocycles. The lowest BCUT2D eigenvalue weighted by Gasteiger charge is -2.13. The van der Waals surface area contributed by atoms with Crippen molar-refractivity contribution in [1.29, 1.82) is 0 Å². The normalized spacial score (nSPS) is 12.0. The third kappa shape index (κ3) is 5.25. The highest BCUT2D eigenvalue weighted by Crippen LogP contribution is 2.26. The lowest BCUT2D eigenvalue weighted by Crippen LogP contribution is -2.08. The van der Waals surface area contributed by atoms with Gasteiger partial charge in [-0.15, -0.1) is 0 Å². The largest absolute Gasteiger partial charge is 0.380 e. The molecule has 152 valence electrons. The average Bonchev–Trinajstić information content (AvgIpc) is 2.65. The second kappa shape index (κ2) is 8.00. The van der Waals surface area contributed by atoms with Crippen LogP contribution in [0.1, 0.15) is 11.1 Å². The number of sulfone groups is 2. The Kier molecular flexibility index (Phi) is 5.82. The maximum absolute atomic E-state index is 12.1. The number of hydrogen-bond donors (Lipinski definition) is 1. The molecular weight excluding hydrogens is 406 g/mol. The predicted molar refractivity (Wildman–Crippen MR) is 117 cm³/mol. The number of rotatable bonds is 6. The molecule has 29 heavy (non-hydrogen) atoms. The monoisotopic (exact) mass is 429 g/mol. The van der Waals surface area contributed by atoms with Crippen LogP contribution >= 0.6 is 0 Å². The summed E-state index contributed by atoms with van der Waals surface area (Å²) in [5.74, 6) is 0. The first-order valence-electron chi connectivity index (χ1n) is 8.98. The summed E-state index contributed by atoms with van der Waals surface area (Å²) in [6, 6.07) is 20.4. The van der Waals surface area contributed by atoms with Crippen molar-refractivity contribution < 1.29 is 16.8 Å². The maximum Gasteiger partial charge on any atom is 0.177 e. The molecule has 0 aromatic heterocycles. The maximum atomic E-state index is 12.1. The molecule has 3 aromatic rings. The number of anilines is 1. The molecule has 0 fully saturated rings. The zero-order valence-electron chi connectivity index (χ0n) is 16.5. The van der Waals surface area contributed by atoms with Gasteiger partial charge < -0.3 is 5.32 Å². The fourth-order valence-corrected chi connectivity index (χ4v) is 4.63. The molecule has 0 saturated carbocycles. The number of nitrogens with one attached hydrogen (secondary N) is 1. The Morgan fingerprint density at radius 1 is 0.759 bits per heavy atom. The van der Waals surface area contributed by atoms with E-state index >= 15 is 0 Å². The van der Waals surface area contributed by atoms with Crippen LogP contribution in [0.5, 0.6) is 0 Å². The van der Waals surface area contributed by atoms with Gasteiger partial charge in [0.25, 0.3) is 0 Å². The molecule has 0 aliphatic rings. The molecule has 1 N–H and O–H groups in total. The third-order valence-electron chi connectivity index (χ3n) is 4.57. The Morgan fingerprint density at radius 3 is 2.03 bits per heavy atom. The van der Waals surface area contributed by atoms with Gasteiger partial charge in [-0.2, -0.15) is 0 Å². The number of benzene rings is 3. The molecule has 0 aliphatic carbocycles. The van der Waals surface area contributed by atoms with Crippen molar-refractivity contribution >= 4 is 25.4 Å². The molecule has 0 amide bonds. The summed E-state index contributed by atoms with van der Waals surface area (Å²) in [5, 5.41) is 3.11. The Morgan fingerprint density at radius 2 is 1.45 bits per heavy atom. The van der Waals surface area contributed by atoms with E-state index in [0.717, 1.165) is 29.2 Å². The smallest absolute Gasteiger partial charge is 0.177 e. The van der Waals surface area contributed by atoms with Gasteiger partial charge in [0.05, 0.1) is 15.5 Å². The minimum Gasteiger partial charge on any atom is -0.380 e. The zero-order chi connectivity index (χ0) is 21.2. The average molecular weight is 430 g/mol. The van der Waals surface area contributed by atoms with Crippen LogP contribution in [-0.4, -0.2) is 29.3 Å². The Labute approximate surface area is 172 Å². The van der Waals surface area contributed by atoms with Crippen LogP contribution in [0.4, 0.5) is 5.69 Å². The van der Waals surface area contributed by atoms with Crippen LogP contribution in [0.3, 0.4) is 0 Å². The van der Waals surface area contributed by atoms with Gasteiger partial charge in [-0.3, -0.25) is 0 Å². The molecule has 7 heteroatoms. The van der Waals surface area contributed by atoms with E-state index < -0.39 is 19.7 Å². The molecule has 3 rings (SSSR count). The SMILES string of the molecule is Cc1cccc(-c2ccc(CNc3ccc(S(C)(=O)=O)cc3S(C)(=O)=O)cc2)c1. The second-order valence-corrected chi connectivity index (χ2v) is 11.1. The highest BCUT2D eigenvalue weighted by Gasteiger charge is 2.17. The van der Waals surface area contributed by atoms with Gasteiger partial charge in [-0.1, -0.05) is 54.1 Å². The van der Waals surface area contributed by atoms with E-state index in [4.69, 9.17) is 0 Å². The van der Waals surface area contributed by atoms with Crippen LogP contribution in [0.25, 0.3) is 11.1 Å². The van der Waals surface area contributed by atoms with Gasteiger partial charge in [0.2, 0.25) is 0 Å². The van der Waals surface area contributed by atoms with Gasteiger partial charge in [-0.25, -0.2) is 16.8 Å².